The number of carbonyl (C=O) groups excluding carboxylic acids is 1. The summed E-state index contributed by atoms with van der Waals surface area (Å²) in [6.07, 6.45) is 0.740. The molecule has 5 heteroatoms. The first kappa shape index (κ1) is 15.9. The third-order valence-electron chi connectivity index (χ3n) is 5.16. The Bertz CT molecular complexity index is 1090. The van der Waals surface area contributed by atoms with Crippen LogP contribution in [0.5, 0.6) is 0 Å². The molecule has 0 aliphatic carbocycles. The van der Waals surface area contributed by atoms with Gasteiger partial charge in [-0.3, -0.25) is 9.78 Å². The quantitative estimate of drug-likeness (QED) is 0.636. The molecule has 25 heavy (non-hydrogen) atoms. The lowest BCUT2D eigenvalue weighted by Gasteiger charge is -2.38. The van der Waals surface area contributed by atoms with Crippen LogP contribution in [-0.2, 0) is 10.2 Å². The van der Waals surface area contributed by atoms with Crippen molar-refractivity contribution in [3.63, 3.8) is 0 Å². The molecule has 1 aliphatic heterocycles. The molecule has 124 valence electrons. The number of fused-ring (bicyclic) bond motifs is 2. The molecule has 4 nitrogen and oxygen atoms in total. The fourth-order valence-corrected chi connectivity index (χ4v) is 3.97. The molecule has 0 radical (unpaired) electrons. The average molecular weight is 350 g/mol. The van der Waals surface area contributed by atoms with E-state index in [2.05, 4.69) is 12.1 Å². The van der Waals surface area contributed by atoms with Crippen LogP contribution in [-0.4, -0.2) is 17.9 Å². The van der Waals surface area contributed by atoms with Gasteiger partial charge in [0.1, 0.15) is 0 Å². The Hall–Kier alpha value is -2.64. The Labute approximate surface area is 150 Å². The van der Waals surface area contributed by atoms with E-state index in [1.54, 1.807) is 11.9 Å². The normalized spacial score (nSPS) is 19.4. The number of carbonyl (C=O) groups is 1. The van der Waals surface area contributed by atoms with E-state index in [0.717, 1.165) is 33.1 Å². The lowest BCUT2D eigenvalue weighted by molar-refractivity contribution is -0.123. The molecule has 0 bridgehead atoms. The van der Waals surface area contributed by atoms with Crippen LogP contribution in [0.15, 0.2) is 36.4 Å². The van der Waals surface area contributed by atoms with E-state index in [0.29, 0.717) is 17.9 Å². The van der Waals surface area contributed by atoms with Gasteiger partial charge >= 0.3 is 0 Å². The second-order valence-corrected chi connectivity index (χ2v) is 7.11. The van der Waals surface area contributed by atoms with Gasteiger partial charge in [-0.05, 0) is 36.9 Å². The maximum atomic E-state index is 13.1. The van der Waals surface area contributed by atoms with Gasteiger partial charge in [-0.25, -0.2) is 0 Å². The molecule has 0 fully saturated rings. The molecule has 1 aliphatic rings. The van der Waals surface area contributed by atoms with Crippen molar-refractivity contribution in [1.29, 1.82) is 5.26 Å². The molecule has 0 saturated carbocycles. The van der Waals surface area contributed by atoms with Crippen molar-refractivity contribution in [2.75, 3.05) is 11.9 Å². The molecule has 4 rings (SSSR count). The number of hydrogen-bond acceptors (Lipinski definition) is 3. The van der Waals surface area contributed by atoms with Crippen molar-refractivity contribution in [3.8, 4) is 6.07 Å². The molecular formula is C20H16ClN3O. The highest BCUT2D eigenvalue weighted by molar-refractivity contribution is 6.31. The third kappa shape index (κ3) is 2.13. The Morgan fingerprint density at radius 2 is 2.08 bits per heavy atom. The second kappa shape index (κ2) is 5.44. The molecule has 2 heterocycles. The fourth-order valence-electron chi connectivity index (χ4n) is 3.81. The number of hydrogen-bond donors (Lipinski definition) is 0. The molecule has 1 aromatic heterocycles. The largest absolute Gasteiger partial charge is 0.314 e. The number of likely N-dealkylation sites (N-methyl/N-ethyl adjacent to an activating group) is 1. The van der Waals surface area contributed by atoms with Crippen LogP contribution in [0, 0.1) is 11.3 Å². The van der Waals surface area contributed by atoms with Crippen molar-refractivity contribution in [3.05, 3.63) is 47.1 Å². The maximum absolute atomic E-state index is 13.1. The Kier molecular flexibility index (Phi) is 3.45. The fraction of sp³-hybridized carbons (Fsp3) is 0.250. The molecule has 1 unspecified atom stereocenters. The Morgan fingerprint density at radius 3 is 2.84 bits per heavy atom. The number of amides is 1. The molecule has 0 N–H and O–H groups in total. The van der Waals surface area contributed by atoms with Gasteiger partial charge in [0.05, 0.1) is 28.4 Å². The van der Waals surface area contributed by atoms with Gasteiger partial charge in [-0.2, -0.15) is 5.26 Å². The summed E-state index contributed by atoms with van der Waals surface area (Å²) in [5.74, 6) is -0.0309. The first-order chi connectivity index (χ1) is 12.0. The minimum absolute atomic E-state index is 0.0309. The number of pyridine rings is 1. The number of nitriles is 1. The summed E-state index contributed by atoms with van der Waals surface area (Å²) in [4.78, 5) is 19.6. The Morgan fingerprint density at radius 1 is 1.28 bits per heavy atom. The molecular weight excluding hydrogens is 334 g/mol. The standard InChI is InChI=1S/C20H16ClN3O/c1-20(9-4-10-22)18-17-14(5-3-6-16(17)24(2)19(20)25)13-8-7-12(21)11-15(13)23-18/h3,5-8,11H,4,9H2,1-2H3. The molecule has 2 aromatic carbocycles. The van der Waals surface area contributed by atoms with Crippen LogP contribution in [0.4, 0.5) is 5.69 Å². The van der Waals surface area contributed by atoms with E-state index >= 15 is 0 Å². The van der Waals surface area contributed by atoms with Crippen LogP contribution in [0.2, 0.25) is 5.02 Å². The lowest BCUT2D eigenvalue weighted by atomic mass is 9.75. The number of nitrogens with zero attached hydrogens (tertiary/aromatic N) is 3. The van der Waals surface area contributed by atoms with E-state index in [4.69, 9.17) is 21.8 Å². The minimum Gasteiger partial charge on any atom is -0.314 e. The summed E-state index contributed by atoms with van der Waals surface area (Å²) in [6.45, 7) is 1.89. The van der Waals surface area contributed by atoms with E-state index in [1.165, 1.54) is 0 Å². The van der Waals surface area contributed by atoms with Gasteiger partial charge < -0.3 is 4.90 Å². The van der Waals surface area contributed by atoms with Gasteiger partial charge in [0, 0.05) is 29.3 Å². The maximum Gasteiger partial charge on any atom is 0.238 e. The Balaban J connectivity index is 2.17. The van der Waals surface area contributed by atoms with E-state index in [-0.39, 0.29) is 5.91 Å². The number of benzene rings is 2. The highest BCUT2D eigenvalue weighted by Gasteiger charge is 2.44. The van der Waals surface area contributed by atoms with Gasteiger partial charge in [0.25, 0.3) is 0 Å². The van der Waals surface area contributed by atoms with E-state index in [9.17, 15) is 4.79 Å². The summed E-state index contributed by atoms with van der Waals surface area (Å²) in [6, 6.07) is 13.8. The molecule has 3 aromatic rings. The first-order valence-corrected chi connectivity index (χ1v) is 8.53. The van der Waals surface area contributed by atoms with E-state index in [1.807, 2.05) is 37.3 Å². The summed E-state index contributed by atoms with van der Waals surface area (Å²) in [5.41, 5.74) is 1.54. The number of rotatable bonds is 2. The van der Waals surface area contributed by atoms with Crippen LogP contribution < -0.4 is 4.90 Å². The number of halogens is 1. The topological polar surface area (TPSA) is 57.0 Å². The van der Waals surface area contributed by atoms with E-state index < -0.39 is 5.41 Å². The summed E-state index contributed by atoms with van der Waals surface area (Å²) >= 11 is 6.16. The van der Waals surface area contributed by atoms with Gasteiger partial charge in [0.15, 0.2) is 0 Å². The highest BCUT2D eigenvalue weighted by Crippen LogP contribution is 2.45. The zero-order chi connectivity index (χ0) is 17.8. The van der Waals surface area contributed by atoms with Gasteiger partial charge in [-0.15, -0.1) is 0 Å². The molecule has 0 saturated heterocycles. The van der Waals surface area contributed by atoms with Gasteiger partial charge in [0.2, 0.25) is 5.91 Å². The predicted octanol–water partition coefficient (Wildman–Crippen LogP) is 4.58. The van der Waals surface area contributed by atoms with Crippen LogP contribution in [0.1, 0.15) is 25.5 Å². The monoisotopic (exact) mass is 349 g/mol. The summed E-state index contributed by atoms with van der Waals surface area (Å²) in [7, 11) is 1.79. The summed E-state index contributed by atoms with van der Waals surface area (Å²) < 4.78 is 0. The van der Waals surface area contributed by atoms with Crippen LogP contribution in [0.25, 0.3) is 21.7 Å². The predicted molar refractivity (Wildman–Crippen MR) is 99.9 cm³/mol. The molecule has 1 atom stereocenters. The smallest absolute Gasteiger partial charge is 0.238 e. The zero-order valence-corrected chi connectivity index (χ0v) is 14.8. The van der Waals surface area contributed by atoms with Gasteiger partial charge in [-0.1, -0.05) is 29.8 Å². The third-order valence-corrected chi connectivity index (χ3v) is 5.39. The summed E-state index contributed by atoms with van der Waals surface area (Å²) in [5, 5.41) is 12.7. The van der Waals surface area contributed by atoms with Crippen molar-refractivity contribution < 1.29 is 4.79 Å². The van der Waals surface area contributed by atoms with Crippen LogP contribution in [0.3, 0.4) is 0 Å². The SMILES string of the molecule is CN1C(=O)C(C)(CCC#N)c2nc3cc(Cl)ccc3c3cccc1c23. The van der Waals surface area contributed by atoms with Crippen molar-refractivity contribution in [2.24, 2.45) is 0 Å². The highest BCUT2D eigenvalue weighted by atomic mass is 35.5. The van der Waals surface area contributed by atoms with Crippen LogP contribution >= 0.6 is 11.6 Å². The number of anilines is 1. The first-order valence-electron chi connectivity index (χ1n) is 8.15. The zero-order valence-electron chi connectivity index (χ0n) is 14.0. The second-order valence-electron chi connectivity index (χ2n) is 6.68. The van der Waals surface area contributed by atoms with Crippen molar-refractivity contribution in [1.82, 2.24) is 4.98 Å². The minimum atomic E-state index is -0.826. The number of aromatic nitrogens is 1. The molecule has 1 amide bonds. The average Bonchev–Trinajstić information content (AvgIpc) is 2.62. The molecule has 0 spiro atoms. The lowest BCUT2D eigenvalue weighted by Crippen LogP contribution is -2.47. The van der Waals surface area contributed by atoms with Crippen molar-refractivity contribution in [2.45, 2.75) is 25.2 Å². The van der Waals surface area contributed by atoms with Crippen molar-refractivity contribution >= 4 is 44.9 Å².